The highest BCUT2D eigenvalue weighted by atomic mass is 32.2. The van der Waals surface area contributed by atoms with Crippen molar-refractivity contribution >= 4 is 32.4 Å². The van der Waals surface area contributed by atoms with Crippen LogP contribution in [-0.4, -0.2) is 23.4 Å². The highest BCUT2D eigenvalue weighted by molar-refractivity contribution is 7.89. The van der Waals surface area contributed by atoms with Gasteiger partial charge in [-0.3, -0.25) is 0 Å². The molecule has 0 spiro atoms. The summed E-state index contributed by atoms with van der Waals surface area (Å²) in [7, 11) is -3.66. The number of hydrogen-bond donors (Lipinski definition) is 2. The average molecular weight is 336 g/mol. The van der Waals surface area contributed by atoms with Gasteiger partial charge in [0.25, 0.3) is 0 Å². The number of aryl methyl sites for hydroxylation is 2. The number of nitrogens with one attached hydrogen (secondary N) is 2. The van der Waals surface area contributed by atoms with Crippen molar-refractivity contribution < 1.29 is 8.42 Å². The summed E-state index contributed by atoms with van der Waals surface area (Å²) in [5.74, 6) is 0. The molecule has 0 saturated carbocycles. The van der Waals surface area contributed by atoms with Gasteiger partial charge in [-0.15, -0.1) is 11.3 Å². The van der Waals surface area contributed by atoms with Crippen molar-refractivity contribution in [2.24, 2.45) is 0 Å². The Hall–Kier alpha value is -1.77. The Morgan fingerprint density at radius 3 is 2.82 bits per heavy atom. The minimum absolute atomic E-state index is 0.166. The fourth-order valence-electron chi connectivity index (χ4n) is 2.50. The number of sulfonamides is 1. The van der Waals surface area contributed by atoms with Gasteiger partial charge in [0.1, 0.15) is 16.9 Å². The summed E-state index contributed by atoms with van der Waals surface area (Å²) >= 11 is 1.66. The van der Waals surface area contributed by atoms with Crippen molar-refractivity contribution in [1.82, 2.24) is 19.7 Å². The molecule has 0 radical (unpaired) electrons. The monoisotopic (exact) mass is 336 g/mol. The number of fused-ring (bicyclic) bond motifs is 1. The van der Waals surface area contributed by atoms with E-state index in [1.54, 1.807) is 11.3 Å². The molecule has 0 aromatic carbocycles. The lowest BCUT2D eigenvalue weighted by atomic mass is 10.1. The van der Waals surface area contributed by atoms with Gasteiger partial charge in [-0.25, -0.2) is 23.1 Å². The van der Waals surface area contributed by atoms with Crippen molar-refractivity contribution in [2.45, 2.75) is 31.7 Å². The molecule has 3 aromatic heterocycles. The van der Waals surface area contributed by atoms with Crippen LogP contribution in [0.15, 0.2) is 29.7 Å². The molecular weight excluding hydrogens is 320 g/mol. The molecule has 0 fully saturated rings. The van der Waals surface area contributed by atoms with Crippen LogP contribution >= 0.6 is 11.3 Å². The summed E-state index contributed by atoms with van der Waals surface area (Å²) in [6.07, 6.45) is 4.32. The molecule has 8 heteroatoms. The van der Waals surface area contributed by atoms with Gasteiger partial charge in [0.2, 0.25) is 10.0 Å². The highest BCUT2D eigenvalue weighted by Crippen LogP contribution is 2.28. The third-order valence-corrected chi connectivity index (χ3v) is 6.05. The van der Waals surface area contributed by atoms with E-state index in [0.717, 1.165) is 10.4 Å². The van der Waals surface area contributed by atoms with Crippen molar-refractivity contribution in [3.05, 3.63) is 40.1 Å². The van der Waals surface area contributed by atoms with Gasteiger partial charge in [0.05, 0.1) is 5.39 Å². The van der Waals surface area contributed by atoms with Crippen LogP contribution in [0.3, 0.4) is 0 Å². The Morgan fingerprint density at radius 2 is 2.14 bits per heavy atom. The highest BCUT2D eigenvalue weighted by Gasteiger charge is 2.23. The molecule has 22 heavy (non-hydrogen) atoms. The minimum Gasteiger partial charge on any atom is -0.345 e. The lowest BCUT2D eigenvalue weighted by Crippen LogP contribution is -2.26. The molecule has 116 valence electrons. The van der Waals surface area contributed by atoms with E-state index in [0.29, 0.717) is 11.0 Å². The molecule has 0 bridgehead atoms. The summed E-state index contributed by atoms with van der Waals surface area (Å²) in [5.41, 5.74) is 1.51. The van der Waals surface area contributed by atoms with Crippen LogP contribution in [0.4, 0.5) is 0 Å². The number of nitrogens with zero attached hydrogens (tertiary/aromatic N) is 2. The first-order valence-electron chi connectivity index (χ1n) is 6.75. The smallest absolute Gasteiger partial charge is 0.243 e. The summed E-state index contributed by atoms with van der Waals surface area (Å²) in [4.78, 5) is 13.2. The molecule has 1 atom stereocenters. The van der Waals surface area contributed by atoms with Crippen LogP contribution in [0.2, 0.25) is 0 Å². The Bertz CT molecular complexity index is 927. The van der Waals surface area contributed by atoms with Gasteiger partial charge in [-0.1, -0.05) is 0 Å². The Morgan fingerprint density at radius 1 is 1.36 bits per heavy atom. The van der Waals surface area contributed by atoms with E-state index >= 15 is 0 Å². The summed E-state index contributed by atoms with van der Waals surface area (Å²) in [5, 5.41) is 0.487. The molecule has 6 nitrogen and oxygen atoms in total. The molecular formula is C14H16N4O2S2. The van der Waals surface area contributed by atoms with Crippen LogP contribution in [0, 0.1) is 13.8 Å². The van der Waals surface area contributed by atoms with E-state index in [9.17, 15) is 8.42 Å². The van der Waals surface area contributed by atoms with Gasteiger partial charge in [0, 0.05) is 28.2 Å². The minimum atomic E-state index is -3.66. The predicted molar refractivity (Wildman–Crippen MR) is 86.4 cm³/mol. The maximum absolute atomic E-state index is 12.6. The Balaban J connectivity index is 1.95. The zero-order valence-corrected chi connectivity index (χ0v) is 14.0. The molecule has 3 rings (SSSR count). The molecule has 1 unspecified atom stereocenters. The zero-order chi connectivity index (χ0) is 15.9. The van der Waals surface area contributed by atoms with Gasteiger partial charge in [-0.2, -0.15) is 0 Å². The number of aromatic amines is 1. The second kappa shape index (κ2) is 5.45. The van der Waals surface area contributed by atoms with Gasteiger partial charge >= 0.3 is 0 Å². The van der Waals surface area contributed by atoms with E-state index in [4.69, 9.17) is 0 Å². The molecule has 3 heterocycles. The maximum Gasteiger partial charge on any atom is 0.243 e. The fourth-order valence-corrected chi connectivity index (χ4v) is 4.89. The Kier molecular flexibility index (Phi) is 3.75. The number of rotatable bonds is 4. The normalized spacial score (nSPS) is 13.6. The van der Waals surface area contributed by atoms with E-state index in [2.05, 4.69) is 19.7 Å². The number of hydrogen-bond acceptors (Lipinski definition) is 5. The first kappa shape index (κ1) is 15.1. The predicted octanol–water partition coefficient (Wildman–Crippen LogP) is 2.68. The van der Waals surface area contributed by atoms with Gasteiger partial charge < -0.3 is 4.98 Å². The van der Waals surface area contributed by atoms with Crippen LogP contribution in [0.25, 0.3) is 11.0 Å². The van der Waals surface area contributed by atoms with Crippen LogP contribution in [0.5, 0.6) is 0 Å². The standard InChI is InChI=1S/C14H16N4O2S2/c1-8-4-11(10(3)21-8)9(2)18-22(19,20)13-6-16-14-12(13)5-15-7-17-14/h4-7,9,18H,1-3H3,(H,15,16,17). The van der Waals surface area contributed by atoms with Gasteiger partial charge in [-0.05, 0) is 32.4 Å². The molecule has 0 saturated heterocycles. The van der Waals surface area contributed by atoms with Crippen molar-refractivity contribution in [1.29, 1.82) is 0 Å². The summed E-state index contributed by atoms with van der Waals surface area (Å²) < 4.78 is 28.0. The number of aromatic nitrogens is 3. The summed E-state index contributed by atoms with van der Waals surface area (Å²) in [6.45, 7) is 5.86. The third kappa shape index (κ3) is 2.65. The van der Waals surface area contributed by atoms with E-state index in [-0.39, 0.29) is 10.9 Å². The average Bonchev–Trinajstić information content (AvgIpc) is 3.01. The van der Waals surface area contributed by atoms with Crippen molar-refractivity contribution in [3.8, 4) is 0 Å². The maximum atomic E-state index is 12.6. The molecule has 0 amide bonds. The SMILES string of the molecule is Cc1cc(C(C)NS(=O)(=O)c2c[nH]c3ncncc23)c(C)s1. The van der Waals surface area contributed by atoms with Crippen LogP contribution in [0.1, 0.15) is 28.3 Å². The fraction of sp³-hybridized carbons (Fsp3) is 0.286. The van der Waals surface area contributed by atoms with E-state index in [1.165, 1.54) is 23.6 Å². The third-order valence-electron chi connectivity index (χ3n) is 3.49. The second-order valence-corrected chi connectivity index (χ2v) is 8.29. The molecule has 0 aliphatic rings. The van der Waals surface area contributed by atoms with Gasteiger partial charge in [0.15, 0.2) is 0 Å². The van der Waals surface area contributed by atoms with E-state index in [1.807, 2.05) is 26.8 Å². The summed E-state index contributed by atoms with van der Waals surface area (Å²) in [6, 6.07) is 1.72. The topological polar surface area (TPSA) is 87.7 Å². The zero-order valence-electron chi connectivity index (χ0n) is 12.4. The van der Waals surface area contributed by atoms with Crippen molar-refractivity contribution in [2.75, 3.05) is 0 Å². The Labute approximate surface area is 132 Å². The second-order valence-electron chi connectivity index (χ2n) is 5.15. The van der Waals surface area contributed by atoms with Crippen LogP contribution < -0.4 is 4.72 Å². The molecule has 2 N–H and O–H groups in total. The number of H-pyrrole nitrogens is 1. The molecule has 3 aromatic rings. The largest absolute Gasteiger partial charge is 0.345 e. The number of thiophene rings is 1. The van der Waals surface area contributed by atoms with Crippen LogP contribution in [-0.2, 0) is 10.0 Å². The van der Waals surface area contributed by atoms with E-state index < -0.39 is 10.0 Å². The molecule has 0 aliphatic carbocycles. The first-order valence-corrected chi connectivity index (χ1v) is 9.05. The lowest BCUT2D eigenvalue weighted by molar-refractivity contribution is 0.567. The quantitative estimate of drug-likeness (QED) is 0.767. The molecule has 0 aliphatic heterocycles. The first-order chi connectivity index (χ1) is 10.4. The lowest BCUT2D eigenvalue weighted by Gasteiger charge is -2.13. The van der Waals surface area contributed by atoms with Crippen molar-refractivity contribution in [3.63, 3.8) is 0 Å².